The number of likely N-dealkylation sites (N-methyl/N-ethyl adjacent to an activating group) is 1. The summed E-state index contributed by atoms with van der Waals surface area (Å²) >= 11 is 5.50. The fourth-order valence-corrected chi connectivity index (χ4v) is 3.81. The first-order valence-electron chi connectivity index (χ1n) is 9.22. The molecule has 1 saturated heterocycles. The summed E-state index contributed by atoms with van der Waals surface area (Å²) in [6.07, 6.45) is -0.164. The predicted octanol–water partition coefficient (Wildman–Crippen LogP) is 2.12. The maximum atomic E-state index is 12.7. The molecule has 1 amide bonds. The molecule has 0 spiro atoms. The van der Waals surface area contributed by atoms with E-state index in [1.54, 1.807) is 21.9 Å². The normalized spacial score (nSPS) is 19.9. The lowest BCUT2D eigenvalue weighted by atomic mass is 10.2. The van der Waals surface area contributed by atoms with E-state index in [2.05, 4.69) is 0 Å². The number of carbonyl (C=O) groups excluding carboxylic acids is 1. The third-order valence-corrected chi connectivity index (χ3v) is 5.88. The number of nitrogens with zero attached hydrogens (tertiary/aromatic N) is 2. The van der Waals surface area contributed by atoms with Gasteiger partial charge >= 0.3 is 6.09 Å². The SMILES string of the molecule is CN(C)C(=S)[C@@H]1C[C@@H](OCc2cccc(S(N)(=O)=O)c2)CN1C(=O)OC(C)(C)C. The van der Waals surface area contributed by atoms with Crippen LogP contribution in [0.2, 0.25) is 0 Å². The molecule has 1 heterocycles. The van der Waals surface area contributed by atoms with Gasteiger partial charge in [-0.1, -0.05) is 24.4 Å². The van der Waals surface area contributed by atoms with Crippen LogP contribution < -0.4 is 5.14 Å². The number of nitrogens with two attached hydrogens (primary N) is 1. The van der Waals surface area contributed by atoms with Crippen molar-refractivity contribution in [3.05, 3.63) is 29.8 Å². The third kappa shape index (κ3) is 6.63. The summed E-state index contributed by atoms with van der Waals surface area (Å²) in [6, 6.07) is 5.99. The molecule has 2 N–H and O–H groups in total. The van der Waals surface area contributed by atoms with Crippen LogP contribution in [-0.2, 0) is 26.1 Å². The van der Waals surface area contributed by atoms with Crippen LogP contribution in [0.4, 0.5) is 4.79 Å². The van der Waals surface area contributed by atoms with Gasteiger partial charge in [0.1, 0.15) is 10.6 Å². The van der Waals surface area contributed by atoms with E-state index >= 15 is 0 Å². The van der Waals surface area contributed by atoms with E-state index in [0.717, 1.165) is 0 Å². The monoisotopic (exact) mass is 443 g/mol. The smallest absolute Gasteiger partial charge is 0.410 e. The molecule has 1 aliphatic rings. The molecule has 2 atom stereocenters. The van der Waals surface area contributed by atoms with Gasteiger partial charge in [-0.05, 0) is 38.5 Å². The van der Waals surface area contributed by atoms with E-state index in [1.165, 1.54) is 12.1 Å². The van der Waals surface area contributed by atoms with Gasteiger partial charge in [-0.3, -0.25) is 4.90 Å². The van der Waals surface area contributed by atoms with Crippen LogP contribution in [0.15, 0.2) is 29.2 Å². The van der Waals surface area contributed by atoms with Crippen molar-refractivity contribution < 1.29 is 22.7 Å². The molecule has 0 bridgehead atoms. The average molecular weight is 444 g/mol. The van der Waals surface area contributed by atoms with Gasteiger partial charge in [-0.15, -0.1) is 0 Å². The van der Waals surface area contributed by atoms with Gasteiger partial charge in [0.2, 0.25) is 10.0 Å². The van der Waals surface area contributed by atoms with Crippen LogP contribution in [0.25, 0.3) is 0 Å². The van der Waals surface area contributed by atoms with Crippen molar-refractivity contribution >= 4 is 33.3 Å². The Morgan fingerprint density at radius 2 is 2.00 bits per heavy atom. The van der Waals surface area contributed by atoms with E-state index in [-0.39, 0.29) is 23.6 Å². The Bertz CT molecular complexity index is 865. The van der Waals surface area contributed by atoms with Gasteiger partial charge in [0.15, 0.2) is 0 Å². The van der Waals surface area contributed by atoms with Crippen molar-refractivity contribution in [3.8, 4) is 0 Å². The zero-order chi connectivity index (χ0) is 22.0. The van der Waals surface area contributed by atoms with Crippen LogP contribution in [0.5, 0.6) is 0 Å². The minimum Gasteiger partial charge on any atom is -0.444 e. The molecule has 162 valence electrons. The molecule has 2 rings (SSSR count). The first-order valence-corrected chi connectivity index (χ1v) is 11.2. The van der Waals surface area contributed by atoms with Crippen molar-refractivity contribution in [2.45, 2.75) is 56.4 Å². The quantitative estimate of drug-likeness (QED) is 0.696. The largest absolute Gasteiger partial charge is 0.444 e. The van der Waals surface area contributed by atoms with Gasteiger partial charge in [-0.2, -0.15) is 0 Å². The molecule has 1 aliphatic heterocycles. The van der Waals surface area contributed by atoms with Crippen molar-refractivity contribution in [1.82, 2.24) is 9.80 Å². The average Bonchev–Trinajstić information content (AvgIpc) is 3.01. The fourth-order valence-electron chi connectivity index (χ4n) is 3.00. The van der Waals surface area contributed by atoms with Crippen LogP contribution >= 0.6 is 12.2 Å². The molecule has 1 aromatic rings. The lowest BCUT2D eigenvalue weighted by molar-refractivity contribution is 0.0168. The Hall–Kier alpha value is -1.75. The Morgan fingerprint density at radius 3 is 2.55 bits per heavy atom. The second kappa shape index (κ2) is 8.95. The number of benzene rings is 1. The zero-order valence-corrected chi connectivity index (χ0v) is 19.0. The van der Waals surface area contributed by atoms with Crippen LogP contribution in [0.3, 0.4) is 0 Å². The number of sulfonamides is 1. The molecular weight excluding hydrogens is 414 g/mol. The van der Waals surface area contributed by atoms with Gasteiger partial charge in [0, 0.05) is 20.5 Å². The summed E-state index contributed by atoms with van der Waals surface area (Å²) in [6.45, 7) is 5.96. The Morgan fingerprint density at radius 1 is 1.34 bits per heavy atom. The van der Waals surface area contributed by atoms with Crippen LogP contribution in [-0.4, -0.2) is 67.7 Å². The highest BCUT2D eigenvalue weighted by molar-refractivity contribution is 7.89. The summed E-state index contributed by atoms with van der Waals surface area (Å²) in [4.78, 5) is 16.7. The number of carbonyl (C=O) groups is 1. The second-order valence-electron chi connectivity index (χ2n) is 8.24. The number of ether oxygens (including phenoxy) is 2. The van der Waals surface area contributed by atoms with Crippen LogP contribution in [0, 0.1) is 0 Å². The molecule has 29 heavy (non-hydrogen) atoms. The number of hydrogen-bond donors (Lipinski definition) is 1. The lowest BCUT2D eigenvalue weighted by Crippen LogP contribution is -2.46. The second-order valence-corrected chi connectivity index (χ2v) is 10.2. The maximum absolute atomic E-state index is 12.7. The Kier molecular flexibility index (Phi) is 7.26. The predicted molar refractivity (Wildman–Crippen MR) is 114 cm³/mol. The number of thiocarbonyl (C=S) groups is 1. The number of amides is 1. The van der Waals surface area contributed by atoms with Crippen LogP contribution in [0.1, 0.15) is 32.8 Å². The first kappa shape index (κ1) is 23.5. The van der Waals surface area contributed by atoms with Gasteiger partial charge in [-0.25, -0.2) is 18.4 Å². The summed E-state index contributed by atoms with van der Waals surface area (Å²) in [5.74, 6) is 0. The van der Waals surface area contributed by atoms with Gasteiger partial charge < -0.3 is 14.4 Å². The highest BCUT2D eigenvalue weighted by atomic mass is 32.2. The zero-order valence-electron chi connectivity index (χ0n) is 17.4. The van der Waals surface area contributed by atoms with E-state index < -0.39 is 21.7 Å². The topological polar surface area (TPSA) is 102 Å². The molecule has 0 aromatic heterocycles. The fraction of sp³-hybridized carbons (Fsp3) is 0.579. The minimum atomic E-state index is -3.78. The minimum absolute atomic E-state index is 0.0343. The maximum Gasteiger partial charge on any atom is 0.410 e. The Labute approximate surface area is 178 Å². The molecule has 1 fully saturated rings. The molecule has 8 nitrogen and oxygen atoms in total. The molecule has 0 saturated carbocycles. The Balaban J connectivity index is 2.10. The summed E-state index contributed by atoms with van der Waals surface area (Å²) in [5.41, 5.74) is 0.0630. The number of likely N-dealkylation sites (tertiary alicyclic amines) is 1. The van der Waals surface area contributed by atoms with E-state index in [1.807, 2.05) is 34.9 Å². The van der Waals surface area contributed by atoms with E-state index in [4.69, 9.17) is 26.8 Å². The first-order chi connectivity index (χ1) is 13.3. The highest BCUT2D eigenvalue weighted by Gasteiger charge is 2.40. The number of hydrogen-bond acceptors (Lipinski definition) is 6. The van der Waals surface area contributed by atoms with Crippen molar-refractivity contribution in [1.29, 1.82) is 0 Å². The molecule has 1 aromatic carbocycles. The highest BCUT2D eigenvalue weighted by Crippen LogP contribution is 2.26. The summed E-state index contributed by atoms with van der Waals surface area (Å²) in [7, 11) is -0.106. The molecule has 10 heteroatoms. The summed E-state index contributed by atoms with van der Waals surface area (Å²) in [5, 5.41) is 5.18. The molecule has 0 aliphatic carbocycles. The lowest BCUT2D eigenvalue weighted by Gasteiger charge is -2.30. The number of rotatable bonds is 5. The molecular formula is C19H29N3O5S2. The molecule has 0 radical (unpaired) electrons. The van der Waals surface area contributed by atoms with E-state index in [9.17, 15) is 13.2 Å². The van der Waals surface area contributed by atoms with E-state index in [0.29, 0.717) is 23.5 Å². The van der Waals surface area contributed by atoms with Crippen molar-refractivity contribution in [2.75, 3.05) is 20.6 Å². The third-order valence-electron chi connectivity index (χ3n) is 4.33. The standard InChI is InChI=1S/C19H29N3O5S2/c1-19(2,3)27-18(23)22-11-14(10-16(22)17(28)21(4)5)26-12-13-7-6-8-15(9-13)29(20,24)25/h6-9,14,16H,10-12H2,1-5H3,(H2,20,24,25)/t14-,16+/m1/s1. The van der Waals surface area contributed by atoms with Gasteiger partial charge in [0.05, 0.1) is 30.2 Å². The number of primary sulfonamides is 1. The van der Waals surface area contributed by atoms with Crippen molar-refractivity contribution in [3.63, 3.8) is 0 Å². The summed E-state index contributed by atoms with van der Waals surface area (Å²) < 4.78 is 34.5. The molecule has 0 unspecified atom stereocenters. The van der Waals surface area contributed by atoms with Gasteiger partial charge in [0.25, 0.3) is 0 Å². The van der Waals surface area contributed by atoms with Crippen molar-refractivity contribution in [2.24, 2.45) is 5.14 Å².